The van der Waals surface area contributed by atoms with E-state index in [0.29, 0.717) is 26.4 Å². The standard InChI is InChI=1S/C30H30O6/c1-20(14-31-25-6-2-21-4-8-27(12-23(21)10-25)33-16-29-18-35-29)15-32-26-7-3-22-5-9-28(13-24(22)11-26)34-17-30-19-36-30/h2-13,20,29-30H,14-19H2,1H3. The van der Waals surface area contributed by atoms with Crippen LogP contribution in [-0.2, 0) is 9.47 Å². The first-order valence-corrected chi connectivity index (χ1v) is 12.5. The molecule has 0 amide bonds. The lowest BCUT2D eigenvalue weighted by atomic mass is 10.1. The molecule has 0 bridgehead atoms. The number of epoxide rings is 2. The summed E-state index contributed by atoms with van der Waals surface area (Å²) in [6.07, 6.45) is 0.486. The van der Waals surface area contributed by atoms with Crippen LogP contribution < -0.4 is 18.9 Å². The lowest BCUT2D eigenvalue weighted by molar-refractivity contribution is 0.188. The number of ether oxygens (including phenoxy) is 6. The van der Waals surface area contributed by atoms with Gasteiger partial charge < -0.3 is 28.4 Å². The summed E-state index contributed by atoms with van der Waals surface area (Å²) < 4.78 is 34.2. The maximum atomic E-state index is 6.08. The summed E-state index contributed by atoms with van der Waals surface area (Å²) in [5.74, 6) is 3.60. The first-order valence-electron chi connectivity index (χ1n) is 12.5. The molecule has 0 aromatic heterocycles. The highest BCUT2D eigenvalue weighted by atomic mass is 16.6. The third-order valence-electron chi connectivity index (χ3n) is 6.31. The van der Waals surface area contributed by atoms with Gasteiger partial charge in [-0.25, -0.2) is 0 Å². The molecule has 2 unspecified atom stereocenters. The van der Waals surface area contributed by atoms with Crippen LogP contribution in [0.5, 0.6) is 23.0 Å². The normalized spacial score (nSPS) is 19.1. The van der Waals surface area contributed by atoms with E-state index in [-0.39, 0.29) is 18.1 Å². The molecule has 0 radical (unpaired) electrons. The van der Waals surface area contributed by atoms with E-state index in [1.165, 1.54) is 0 Å². The van der Waals surface area contributed by atoms with Crippen LogP contribution in [0.1, 0.15) is 6.92 Å². The Morgan fingerprint density at radius 1 is 0.583 bits per heavy atom. The molecular weight excluding hydrogens is 456 g/mol. The Morgan fingerprint density at radius 3 is 1.31 bits per heavy atom. The molecule has 2 fully saturated rings. The van der Waals surface area contributed by atoms with Crippen molar-refractivity contribution in [3.05, 3.63) is 72.8 Å². The van der Waals surface area contributed by atoms with E-state index >= 15 is 0 Å². The summed E-state index contributed by atoms with van der Waals surface area (Å²) in [6, 6.07) is 24.5. The topological polar surface area (TPSA) is 62.0 Å². The second-order valence-electron chi connectivity index (χ2n) is 9.60. The second-order valence-corrected chi connectivity index (χ2v) is 9.60. The summed E-state index contributed by atoms with van der Waals surface area (Å²) in [4.78, 5) is 0. The van der Waals surface area contributed by atoms with E-state index in [9.17, 15) is 0 Å². The van der Waals surface area contributed by atoms with Crippen LogP contribution in [0.4, 0.5) is 0 Å². The van der Waals surface area contributed by atoms with Crippen molar-refractivity contribution >= 4 is 21.5 Å². The summed E-state index contributed by atoms with van der Waals surface area (Å²) in [6.45, 7) is 6.04. The Bertz CT molecular complexity index is 1240. The molecule has 6 nitrogen and oxygen atoms in total. The molecule has 6 rings (SSSR count). The number of hydrogen-bond acceptors (Lipinski definition) is 6. The molecule has 2 atom stereocenters. The summed E-state index contributed by atoms with van der Waals surface area (Å²) in [5, 5.41) is 4.49. The zero-order chi connectivity index (χ0) is 24.3. The Balaban J connectivity index is 1.02. The van der Waals surface area contributed by atoms with Gasteiger partial charge in [0.2, 0.25) is 0 Å². The van der Waals surface area contributed by atoms with E-state index in [0.717, 1.165) is 57.8 Å². The van der Waals surface area contributed by atoms with E-state index in [4.69, 9.17) is 28.4 Å². The van der Waals surface area contributed by atoms with Gasteiger partial charge in [-0.3, -0.25) is 0 Å². The fourth-order valence-corrected chi connectivity index (χ4v) is 4.00. The molecule has 4 aromatic carbocycles. The van der Waals surface area contributed by atoms with Gasteiger partial charge in [0.05, 0.1) is 26.4 Å². The lowest BCUT2D eigenvalue weighted by Gasteiger charge is -2.15. The molecule has 0 spiro atoms. The van der Waals surface area contributed by atoms with Crippen LogP contribution in [-0.4, -0.2) is 51.8 Å². The van der Waals surface area contributed by atoms with E-state index in [2.05, 4.69) is 43.3 Å². The molecule has 2 heterocycles. The highest BCUT2D eigenvalue weighted by Crippen LogP contribution is 2.28. The molecule has 36 heavy (non-hydrogen) atoms. The molecule has 2 saturated heterocycles. The predicted molar refractivity (Wildman–Crippen MR) is 139 cm³/mol. The van der Waals surface area contributed by atoms with Gasteiger partial charge >= 0.3 is 0 Å². The van der Waals surface area contributed by atoms with E-state index in [1.807, 2.05) is 36.4 Å². The van der Waals surface area contributed by atoms with Crippen molar-refractivity contribution in [2.75, 3.05) is 39.6 Å². The van der Waals surface area contributed by atoms with Crippen molar-refractivity contribution in [3.63, 3.8) is 0 Å². The molecule has 0 aliphatic carbocycles. The van der Waals surface area contributed by atoms with E-state index in [1.54, 1.807) is 0 Å². The van der Waals surface area contributed by atoms with Gasteiger partial charge in [0, 0.05) is 5.92 Å². The monoisotopic (exact) mass is 486 g/mol. The van der Waals surface area contributed by atoms with Gasteiger partial charge in [0.25, 0.3) is 0 Å². The van der Waals surface area contributed by atoms with Crippen LogP contribution in [0.3, 0.4) is 0 Å². The molecule has 6 heteroatoms. The zero-order valence-electron chi connectivity index (χ0n) is 20.4. The minimum absolute atomic E-state index is 0.220. The molecule has 0 saturated carbocycles. The van der Waals surface area contributed by atoms with Crippen molar-refractivity contribution in [2.45, 2.75) is 19.1 Å². The average molecular weight is 487 g/mol. The largest absolute Gasteiger partial charge is 0.493 e. The van der Waals surface area contributed by atoms with Gasteiger partial charge in [-0.1, -0.05) is 31.2 Å². The van der Waals surface area contributed by atoms with Gasteiger partial charge in [-0.2, -0.15) is 0 Å². The van der Waals surface area contributed by atoms with Crippen LogP contribution >= 0.6 is 0 Å². The maximum absolute atomic E-state index is 6.08. The number of hydrogen-bond donors (Lipinski definition) is 0. The Kier molecular flexibility index (Phi) is 6.53. The smallest absolute Gasteiger partial charge is 0.120 e. The van der Waals surface area contributed by atoms with Crippen LogP contribution in [0.25, 0.3) is 21.5 Å². The highest BCUT2D eigenvalue weighted by Gasteiger charge is 2.23. The number of benzene rings is 4. The summed E-state index contributed by atoms with van der Waals surface area (Å²) in [7, 11) is 0. The van der Waals surface area contributed by atoms with Crippen molar-refractivity contribution in [1.29, 1.82) is 0 Å². The molecule has 2 aliphatic heterocycles. The van der Waals surface area contributed by atoms with Gasteiger partial charge in [-0.05, 0) is 70.1 Å². The fourth-order valence-electron chi connectivity index (χ4n) is 4.00. The Labute approximate surface area is 210 Å². The summed E-state index contributed by atoms with van der Waals surface area (Å²) >= 11 is 0. The number of fused-ring (bicyclic) bond motifs is 2. The highest BCUT2D eigenvalue weighted by molar-refractivity contribution is 5.86. The molecule has 2 aliphatic rings. The van der Waals surface area contributed by atoms with Crippen molar-refractivity contribution in [3.8, 4) is 23.0 Å². The number of rotatable bonds is 12. The third kappa shape index (κ3) is 6.01. The molecular formula is C30H30O6. The average Bonchev–Trinajstić information content (AvgIpc) is 3.83. The predicted octanol–water partition coefficient (Wildman–Crippen LogP) is 5.64. The summed E-state index contributed by atoms with van der Waals surface area (Å²) in [5.41, 5.74) is 0. The van der Waals surface area contributed by atoms with Crippen molar-refractivity contribution in [1.82, 2.24) is 0 Å². The maximum Gasteiger partial charge on any atom is 0.120 e. The Morgan fingerprint density at radius 2 is 0.944 bits per heavy atom. The third-order valence-corrected chi connectivity index (χ3v) is 6.31. The first-order chi connectivity index (χ1) is 17.7. The first kappa shape index (κ1) is 23.0. The van der Waals surface area contributed by atoms with Crippen LogP contribution in [0, 0.1) is 5.92 Å². The quantitative estimate of drug-likeness (QED) is 0.242. The SMILES string of the molecule is CC(COc1ccc2ccc(OCC3CO3)cc2c1)COc1ccc2ccc(OCC3CO3)cc2c1. The molecule has 186 valence electrons. The van der Waals surface area contributed by atoms with Crippen LogP contribution in [0.2, 0.25) is 0 Å². The van der Waals surface area contributed by atoms with Crippen molar-refractivity contribution < 1.29 is 28.4 Å². The van der Waals surface area contributed by atoms with Crippen molar-refractivity contribution in [2.24, 2.45) is 5.92 Å². The lowest BCUT2D eigenvalue weighted by Crippen LogP contribution is -2.16. The minimum Gasteiger partial charge on any atom is -0.493 e. The van der Waals surface area contributed by atoms with Crippen LogP contribution in [0.15, 0.2) is 72.8 Å². The molecule has 4 aromatic rings. The van der Waals surface area contributed by atoms with E-state index < -0.39 is 0 Å². The van der Waals surface area contributed by atoms with Gasteiger partial charge in [0.15, 0.2) is 0 Å². The minimum atomic E-state index is 0.220. The Hall–Kier alpha value is -3.48. The fraction of sp³-hybridized carbons (Fsp3) is 0.333. The molecule has 0 N–H and O–H groups in total. The zero-order valence-corrected chi connectivity index (χ0v) is 20.4. The van der Waals surface area contributed by atoms with Gasteiger partial charge in [0.1, 0.15) is 48.4 Å². The second kappa shape index (κ2) is 10.2. The van der Waals surface area contributed by atoms with Gasteiger partial charge in [-0.15, -0.1) is 0 Å².